The number of allylic oxidation sites excluding steroid dienone is 1. The van der Waals surface area contributed by atoms with Crippen LogP contribution in [0.25, 0.3) is 0 Å². The second-order valence-corrected chi connectivity index (χ2v) is 2.96. The van der Waals surface area contributed by atoms with E-state index < -0.39 is 4.83 Å². The zero-order valence-corrected chi connectivity index (χ0v) is 6.63. The molecule has 0 aromatic heterocycles. The van der Waals surface area contributed by atoms with Gasteiger partial charge in [0.05, 0.1) is 0 Å². The van der Waals surface area contributed by atoms with Crippen LogP contribution in [0.5, 0.6) is 0 Å². The van der Waals surface area contributed by atoms with E-state index in [2.05, 4.69) is 22.5 Å². The normalized spacial score (nSPS) is 11.4. The van der Waals surface area contributed by atoms with Crippen LogP contribution in [0.1, 0.15) is 19.3 Å². The molecule has 0 unspecified atom stereocenters. The van der Waals surface area contributed by atoms with E-state index in [0.29, 0.717) is 12.8 Å². The molecule has 0 amide bonds. The fourth-order valence-electron chi connectivity index (χ4n) is 0.447. The summed E-state index contributed by atoms with van der Waals surface area (Å²) in [4.78, 5) is -2.68. The predicted octanol–water partition coefficient (Wildman–Crippen LogP) is 3.33. The van der Waals surface area contributed by atoms with Gasteiger partial charge in [-0.1, -0.05) is 6.08 Å². The molecular formula is C6H9BrF2. The fourth-order valence-corrected chi connectivity index (χ4v) is 0.727. The van der Waals surface area contributed by atoms with Gasteiger partial charge in [0.15, 0.2) is 0 Å². The predicted molar refractivity (Wildman–Crippen MR) is 37.9 cm³/mol. The Morgan fingerprint density at radius 1 is 1.56 bits per heavy atom. The molecule has 3 heteroatoms. The lowest BCUT2D eigenvalue weighted by atomic mass is 10.2. The van der Waals surface area contributed by atoms with Crippen LogP contribution in [-0.4, -0.2) is 4.83 Å². The van der Waals surface area contributed by atoms with Gasteiger partial charge in [0, 0.05) is 6.42 Å². The molecule has 0 radical (unpaired) electrons. The van der Waals surface area contributed by atoms with Crippen molar-refractivity contribution in [2.24, 2.45) is 0 Å². The van der Waals surface area contributed by atoms with E-state index in [1.54, 1.807) is 6.08 Å². The monoisotopic (exact) mass is 198 g/mol. The Kier molecular flexibility index (Phi) is 4.02. The van der Waals surface area contributed by atoms with E-state index in [1.165, 1.54) is 0 Å². The Balaban J connectivity index is 3.17. The molecule has 0 aliphatic heterocycles. The van der Waals surface area contributed by atoms with Gasteiger partial charge >= 0.3 is 4.83 Å². The molecule has 9 heavy (non-hydrogen) atoms. The Hall–Kier alpha value is 0.0800. The van der Waals surface area contributed by atoms with Gasteiger partial charge < -0.3 is 0 Å². The zero-order chi connectivity index (χ0) is 7.33. The average molecular weight is 199 g/mol. The molecular weight excluding hydrogens is 190 g/mol. The van der Waals surface area contributed by atoms with E-state index in [1.807, 2.05) is 0 Å². The molecule has 0 N–H and O–H groups in total. The molecule has 0 fully saturated rings. The number of halogens is 3. The average Bonchev–Trinajstić information content (AvgIpc) is 1.63. The first-order valence-electron chi connectivity index (χ1n) is 2.74. The third kappa shape index (κ3) is 8.08. The van der Waals surface area contributed by atoms with Gasteiger partial charge in [0.1, 0.15) is 0 Å². The molecule has 0 aliphatic carbocycles. The third-order valence-corrected chi connectivity index (χ3v) is 1.26. The van der Waals surface area contributed by atoms with Gasteiger partial charge in [-0.25, -0.2) is 0 Å². The first-order chi connectivity index (χ1) is 4.06. The maximum Gasteiger partial charge on any atom is 0.301 e. The van der Waals surface area contributed by atoms with E-state index in [-0.39, 0.29) is 6.42 Å². The van der Waals surface area contributed by atoms with Crippen molar-refractivity contribution < 1.29 is 8.78 Å². The van der Waals surface area contributed by atoms with Crippen molar-refractivity contribution in [2.45, 2.75) is 24.1 Å². The second kappa shape index (κ2) is 3.99. The molecule has 0 aliphatic rings. The van der Waals surface area contributed by atoms with Crippen LogP contribution in [0.4, 0.5) is 8.78 Å². The number of unbranched alkanes of at least 4 members (excludes halogenated alkanes) is 1. The Morgan fingerprint density at radius 2 is 2.11 bits per heavy atom. The molecule has 0 bridgehead atoms. The van der Waals surface area contributed by atoms with Crippen LogP contribution in [0.15, 0.2) is 12.7 Å². The largest absolute Gasteiger partial charge is 0.301 e. The van der Waals surface area contributed by atoms with Crippen molar-refractivity contribution in [1.29, 1.82) is 0 Å². The summed E-state index contributed by atoms with van der Waals surface area (Å²) in [6.45, 7) is 3.42. The highest BCUT2D eigenvalue weighted by molar-refractivity contribution is 9.09. The van der Waals surface area contributed by atoms with Crippen molar-refractivity contribution in [3.63, 3.8) is 0 Å². The van der Waals surface area contributed by atoms with Crippen molar-refractivity contribution in [3.8, 4) is 0 Å². The lowest BCUT2D eigenvalue weighted by molar-refractivity contribution is 0.102. The summed E-state index contributed by atoms with van der Waals surface area (Å²) in [6.07, 6.45) is 2.67. The fraction of sp³-hybridized carbons (Fsp3) is 0.667. The maximum atomic E-state index is 11.9. The Morgan fingerprint density at radius 3 is 2.44 bits per heavy atom. The van der Waals surface area contributed by atoms with Crippen molar-refractivity contribution >= 4 is 15.9 Å². The van der Waals surface area contributed by atoms with E-state index >= 15 is 0 Å². The second-order valence-electron chi connectivity index (χ2n) is 1.80. The summed E-state index contributed by atoms with van der Waals surface area (Å²) in [6, 6.07) is 0. The zero-order valence-electron chi connectivity index (χ0n) is 5.04. The molecule has 0 nitrogen and oxygen atoms in total. The van der Waals surface area contributed by atoms with Gasteiger partial charge in [-0.15, -0.1) is 6.58 Å². The van der Waals surface area contributed by atoms with Gasteiger partial charge in [-0.3, -0.25) is 0 Å². The van der Waals surface area contributed by atoms with E-state index in [4.69, 9.17) is 0 Å². The Labute approximate surface area is 62.1 Å². The first-order valence-corrected chi connectivity index (χ1v) is 3.53. The summed E-state index contributed by atoms with van der Waals surface area (Å²) in [5.41, 5.74) is 0. The number of alkyl halides is 3. The van der Waals surface area contributed by atoms with Crippen LogP contribution in [0.2, 0.25) is 0 Å². The highest BCUT2D eigenvalue weighted by Gasteiger charge is 2.21. The van der Waals surface area contributed by atoms with Crippen LogP contribution < -0.4 is 0 Å². The smallest absolute Gasteiger partial charge is 0.194 e. The minimum Gasteiger partial charge on any atom is -0.194 e. The molecule has 0 rings (SSSR count). The highest BCUT2D eigenvalue weighted by atomic mass is 79.9. The molecule has 0 aromatic carbocycles. The van der Waals surface area contributed by atoms with Crippen molar-refractivity contribution in [1.82, 2.24) is 0 Å². The van der Waals surface area contributed by atoms with Crippen LogP contribution in [-0.2, 0) is 0 Å². The van der Waals surface area contributed by atoms with E-state index in [0.717, 1.165) is 0 Å². The number of hydrogen-bond acceptors (Lipinski definition) is 0. The van der Waals surface area contributed by atoms with Crippen LogP contribution in [0.3, 0.4) is 0 Å². The third-order valence-electron chi connectivity index (χ3n) is 0.868. The lowest BCUT2D eigenvalue weighted by Crippen LogP contribution is -2.02. The molecule has 0 atom stereocenters. The molecule has 0 aromatic rings. The van der Waals surface area contributed by atoms with Gasteiger partial charge in [0.25, 0.3) is 0 Å². The minimum atomic E-state index is -2.68. The highest BCUT2D eigenvalue weighted by Crippen LogP contribution is 2.27. The summed E-state index contributed by atoms with van der Waals surface area (Å²) in [7, 11) is 0. The van der Waals surface area contributed by atoms with Crippen molar-refractivity contribution in [3.05, 3.63) is 12.7 Å². The van der Waals surface area contributed by atoms with Crippen LogP contribution >= 0.6 is 15.9 Å². The molecule has 0 heterocycles. The lowest BCUT2D eigenvalue weighted by Gasteiger charge is -2.04. The molecule has 0 saturated carbocycles. The van der Waals surface area contributed by atoms with Crippen molar-refractivity contribution in [2.75, 3.05) is 0 Å². The van der Waals surface area contributed by atoms with Crippen LogP contribution in [0, 0.1) is 0 Å². The number of hydrogen-bond donors (Lipinski definition) is 0. The molecule has 0 spiro atoms. The standard InChI is InChI=1S/C6H9BrF2/c1-2-3-4-5-6(7,8)9/h2H,1,3-5H2. The van der Waals surface area contributed by atoms with Gasteiger partial charge in [-0.2, -0.15) is 8.78 Å². The molecule has 0 saturated heterocycles. The summed E-state index contributed by atoms with van der Waals surface area (Å²) >= 11 is 2.24. The summed E-state index contributed by atoms with van der Waals surface area (Å²) < 4.78 is 23.9. The maximum absolute atomic E-state index is 11.9. The Bertz CT molecular complexity index is 85.5. The minimum absolute atomic E-state index is 0.112. The quantitative estimate of drug-likeness (QED) is 0.370. The summed E-state index contributed by atoms with van der Waals surface area (Å²) in [5.74, 6) is 0. The van der Waals surface area contributed by atoms with Gasteiger partial charge in [0.2, 0.25) is 0 Å². The first kappa shape index (κ1) is 9.08. The molecule has 54 valence electrons. The topological polar surface area (TPSA) is 0 Å². The number of rotatable bonds is 4. The SMILES string of the molecule is C=CCCCC(F)(F)Br. The van der Waals surface area contributed by atoms with E-state index in [9.17, 15) is 8.78 Å². The summed E-state index contributed by atoms with van der Waals surface area (Å²) in [5, 5.41) is 0. The van der Waals surface area contributed by atoms with Gasteiger partial charge in [-0.05, 0) is 28.8 Å².